The number of ketones is 1. The Morgan fingerprint density at radius 2 is 1.76 bits per heavy atom. The molecule has 0 bridgehead atoms. The van der Waals surface area contributed by atoms with Crippen molar-refractivity contribution in [3.63, 3.8) is 0 Å². The fourth-order valence-electron chi connectivity index (χ4n) is 1.87. The summed E-state index contributed by atoms with van der Waals surface area (Å²) in [6, 6.07) is 13.0. The van der Waals surface area contributed by atoms with Crippen LogP contribution >= 0.6 is 0 Å². The number of ether oxygens (including phenoxy) is 1. The molecule has 110 valence electrons. The predicted octanol–water partition coefficient (Wildman–Crippen LogP) is 2.66. The van der Waals surface area contributed by atoms with Gasteiger partial charge in [0.25, 0.3) is 0 Å². The minimum absolute atomic E-state index is 0.0855. The van der Waals surface area contributed by atoms with Crippen LogP contribution in [-0.2, 0) is 9.84 Å². The standard InChI is InChI=1S/C16H16O4S/c1-12-6-8-13(9-7-12)16(17)11-21(18,19)15-5-3-4-14(10-15)20-2/h3-10H,11H2,1-2H3. The van der Waals surface area contributed by atoms with Crippen molar-refractivity contribution in [2.75, 3.05) is 12.9 Å². The molecule has 2 aromatic rings. The van der Waals surface area contributed by atoms with Gasteiger partial charge in [-0.3, -0.25) is 4.79 Å². The number of sulfone groups is 1. The van der Waals surface area contributed by atoms with Crippen LogP contribution in [-0.4, -0.2) is 27.1 Å². The second-order valence-corrected chi connectivity index (χ2v) is 6.72. The van der Waals surface area contributed by atoms with Gasteiger partial charge in [0.1, 0.15) is 11.5 Å². The van der Waals surface area contributed by atoms with Crippen LogP contribution in [0.5, 0.6) is 5.75 Å². The van der Waals surface area contributed by atoms with Crippen LogP contribution < -0.4 is 4.74 Å². The van der Waals surface area contributed by atoms with Gasteiger partial charge in [0.2, 0.25) is 0 Å². The third-order valence-electron chi connectivity index (χ3n) is 3.09. The molecule has 5 heteroatoms. The van der Waals surface area contributed by atoms with Crippen LogP contribution in [0.2, 0.25) is 0 Å². The van der Waals surface area contributed by atoms with E-state index < -0.39 is 21.4 Å². The second kappa shape index (κ2) is 6.10. The SMILES string of the molecule is COc1cccc(S(=O)(=O)CC(=O)c2ccc(C)cc2)c1. The molecule has 0 spiro atoms. The van der Waals surface area contributed by atoms with Gasteiger partial charge in [-0.2, -0.15) is 0 Å². The number of Topliss-reactive ketones (excluding diaryl/α,β-unsaturated/α-hetero) is 1. The summed E-state index contributed by atoms with van der Waals surface area (Å²) in [5.74, 6) is -0.528. The van der Waals surface area contributed by atoms with Gasteiger partial charge < -0.3 is 4.74 Å². The van der Waals surface area contributed by atoms with Crippen LogP contribution in [0, 0.1) is 6.92 Å². The molecule has 2 rings (SSSR count). The summed E-state index contributed by atoms with van der Waals surface area (Å²) in [5, 5.41) is 0. The van der Waals surface area contributed by atoms with Gasteiger partial charge >= 0.3 is 0 Å². The molecule has 0 aliphatic rings. The molecular formula is C16H16O4S. The Kier molecular flexibility index (Phi) is 4.43. The largest absolute Gasteiger partial charge is 0.497 e. The first-order valence-electron chi connectivity index (χ1n) is 6.39. The van der Waals surface area contributed by atoms with Gasteiger partial charge in [-0.15, -0.1) is 0 Å². The molecule has 0 fully saturated rings. The summed E-state index contributed by atoms with van der Waals surface area (Å²) < 4.78 is 29.6. The van der Waals surface area contributed by atoms with Gasteiger partial charge in [-0.1, -0.05) is 35.9 Å². The van der Waals surface area contributed by atoms with E-state index in [1.807, 2.05) is 6.92 Å². The highest BCUT2D eigenvalue weighted by Crippen LogP contribution is 2.19. The van der Waals surface area contributed by atoms with Crippen molar-refractivity contribution >= 4 is 15.6 Å². The van der Waals surface area contributed by atoms with E-state index in [1.54, 1.807) is 36.4 Å². The zero-order valence-corrected chi connectivity index (χ0v) is 12.7. The summed E-state index contributed by atoms with van der Waals surface area (Å²) in [5.41, 5.74) is 1.41. The molecule has 0 aliphatic heterocycles. The van der Waals surface area contributed by atoms with Gasteiger partial charge in [0.15, 0.2) is 15.6 Å². The van der Waals surface area contributed by atoms with E-state index in [0.717, 1.165) is 5.56 Å². The topological polar surface area (TPSA) is 60.4 Å². The van der Waals surface area contributed by atoms with E-state index in [-0.39, 0.29) is 4.90 Å². The Bertz CT molecular complexity index is 746. The monoisotopic (exact) mass is 304 g/mol. The van der Waals surface area contributed by atoms with Crippen molar-refractivity contribution in [1.29, 1.82) is 0 Å². The summed E-state index contributed by atoms with van der Waals surface area (Å²) in [4.78, 5) is 12.2. The summed E-state index contributed by atoms with van der Waals surface area (Å²) in [6.07, 6.45) is 0. The molecule has 0 amide bonds. The van der Waals surface area contributed by atoms with Crippen LogP contribution in [0.25, 0.3) is 0 Å². The number of benzene rings is 2. The van der Waals surface area contributed by atoms with E-state index in [2.05, 4.69) is 0 Å². The molecule has 0 radical (unpaired) electrons. The van der Waals surface area contributed by atoms with Crippen LogP contribution in [0.1, 0.15) is 15.9 Å². The van der Waals surface area contributed by atoms with Crippen molar-refractivity contribution in [2.24, 2.45) is 0 Å². The Morgan fingerprint density at radius 3 is 2.38 bits per heavy atom. The van der Waals surface area contributed by atoms with Crippen LogP contribution in [0.4, 0.5) is 0 Å². The van der Waals surface area contributed by atoms with Gasteiger partial charge in [0, 0.05) is 5.56 Å². The lowest BCUT2D eigenvalue weighted by Gasteiger charge is -2.06. The first kappa shape index (κ1) is 15.3. The Hall–Kier alpha value is -2.14. The average molecular weight is 304 g/mol. The molecule has 0 atom stereocenters. The number of methoxy groups -OCH3 is 1. The van der Waals surface area contributed by atoms with Gasteiger partial charge in [-0.25, -0.2) is 8.42 Å². The highest BCUT2D eigenvalue weighted by Gasteiger charge is 2.20. The normalized spacial score (nSPS) is 11.1. The minimum Gasteiger partial charge on any atom is -0.497 e. The maximum Gasteiger partial charge on any atom is 0.185 e. The molecule has 0 heterocycles. The fourth-order valence-corrected chi connectivity index (χ4v) is 3.13. The average Bonchev–Trinajstić information content (AvgIpc) is 2.47. The van der Waals surface area contributed by atoms with Crippen molar-refractivity contribution in [2.45, 2.75) is 11.8 Å². The van der Waals surface area contributed by atoms with E-state index in [4.69, 9.17) is 4.74 Å². The summed E-state index contributed by atoms with van der Waals surface area (Å²) >= 11 is 0. The predicted molar refractivity (Wildman–Crippen MR) is 80.6 cm³/mol. The quantitative estimate of drug-likeness (QED) is 0.797. The number of rotatable bonds is 5. The van der Waals surface area contributed by atoms with Crippen LogP contribution in [0.15, 0.2) is 53.4 Å². The Balaban J connectivity index is 2.24. The first-order valence-corrected chi connectivity index (χ1v) is 8.04. The molecule has 0 saturated heterocycles. The van der Waals surface area contributed by atoms with Crippen molar-refractivity contribution < 1.29 is 17.9 Å². The van der Waals surface area contributed by atoms with E-state index in [1.165, 1.54) is 19.2 Å². The van der Waals surface area contributed by atoms with Crippen molar-refractivity contribution in [1.82, 2.24) is 0 Å². The fraction of sp³-hybridized carbons (Fsp3) is 0.188. The molecule has 0 unspecified atom stereocenters. The molecule has 0 aromatic heterocycles. The molecular weight excluding hydrogens is 288 g/mol. The number of hydrogen-bond acceptors (Lipinski definition) is 4. The van der Waals surface area contributed by atoms with E-state index in [0.29, 0.717) is 11.3 Å². The molecule has 0 aliphatic carbocycles. The molecule has 0 N–H and O–H groups in total. The van der Waals surface area contributed by atoms with Gasteiger partial charge in [0.05, 0.1) is 12.0 Å². The zero-order chi connectivity index (χ0) is 15.5. The lowest BCUT2D eigenvalue weighted by molar-refractivity contribution is 0.102. The number of carbonyl (C=O) groups excluding carboxylic acids is 1. The number of hydrogen-bond donors (Lipinski definition) is 0. The molecule has 0 saturated carbocycles. The zero-order valence-electron chi connectivity index (χ0n) is 11.9. The summed E-state index contributed by atoms with van der Waals surface area (Å²) in [6.45, 7) is 1.90. The molecule has 21 heavy (non-hydrogen) atoms. The highest BCUT2D eigenvalue weighted by atomic mass is 32.2. The highest BCUT2D eigenvalue weighted by molar-refractivity contribution is 7.92. The lowest BCUT2D eigenvalue weighted by atomic mass is 10.1. The maximum atomic E-state index is 12.3. The van der Waals surface area contributed by atoms with Crippen molar-refractivity contribution in [3.8, 4) is 5.75 Å². The molecule has 4 nitrogen and oxygen atoms in total. The third-order valence-corrected chi connectivity index (χ3v) is 4.71. The lowest BCUT2D eigenvalue weighted by Crippen LogP contribution is -2.16. The number of carbonyl (C=O) groups is 1. The maximum absolute atomic E-state index is 12.3. The summed E-state index contributed by atoms with van der Waals surface area (Å²) in [7, 11) is -2.22. The minimum atomic E-state index is -3.68. The number of aryl methyl sites for hydroxylation is 1. The Morgan fingerprint density at radius 1 is 1.10 bits per heavy atom. The van der Waals surface area contributed by atoms with Gasteiger partial charge in [-0.05, 0) is 25.1 Å². The van der Waals surface area contributed by atoms with Crippen molar-refractivity contribution in [3.05, 3.63) is 59.7 Å². The second-order valence-electron chi connectivity index (χ2n) is 4.73. The molecule has 2 aromatic carbocycles. The van der Waals surface area contributed by atoms with E-state index in [9.17, 15) is 13.2 Å². The first-order chi connectivity index (χ1) is 9.92. The Labute approximate surface area is 124 Å². The van der Waals surface area contributed by atoms with Crippen LogP contribution in [0.3, 0.4) is 0 Å². The smallest absolute Gasteiger partial charge is 0.185 e. The third kappa shape index (κ3) is 3.70. The van der Waals surface area contributed by atoms with E-state index >= 15 is 0 Å².